The number of rotatable bonds is 5. The summed E-state index contributed by atoms with van der Waals surface area (Å²) in [6.07, 6.45) is 1.05. The minimum atomic E-state index is -3.43. The summed E-state index contributed by atoms with van der Waals surface area (Å²) < 4.78 is 31.5. The molecule has 0 radical (unpaired) electrons. The third-order valence-corrected chi connectivity index (χ3v) is 5.70. The van der Waals surface area contributed by atoms with Gasteiger partial charge in [-0.15, -0.1) is 11.3 Å². The molecule has 6 nitrogen and oxygen atoms in total. The quantitative estimate of drug-likeness (QED) is 0.375. The second kappa shape index (κ2) is 7.65. The van der Waals surface area contributed by atoms with Gasteiger partial charge in [-0.3, -0.25) is 4.72 Å². The van der Waals surface area contributed by atoms with E-state index in [1.165, 1.54) is 6.07 Å². The number of nitrogens with one attached hydrogen (secondary N) is 1. The Morgan fingerprint density at radius 2 is 1.76 bits per heavy atom. The first-order valence-corrected chi connectivity index (χ1v) is 11.3. The molecule has 0 saturated heterocycles. The fourth-order valence-corrected chi connectivity index (χ4v) is 4.28. The van der Waals surface area contributed by atoms with E-state index in [0.29, 0.717) is 11.4 Å². The van der Waals surface area contributed by atoms with Crippen molar-refractivity contribution in [1.29, 1.82) is 0 Å². The van der Waals surface area contributed by atoms with Crippen LogP contribution in [0.15, 0.2) is 72.8 Å². The second-order valence-electron chi connectivity index (χ2n) is 6.36. The summed E-state index contributed by atoms with van der Waals surface area (Å²) in [6, 6.07) is 21.2. The van der Waals surface area contributed by atoms with Crippen LogP contribution in [0.2, 0.25) is 0 Å². The minimum Gasteiger partial charge on any atom is -0.423 e. The van der Waals surface area contributed by atoms with E-state index < -0.39 is 16.0 Å². The summed E-state index contributed by atoms with van der Waals surface area (Å²) >= 11 is 1.60. The lowest BCUT2D eigenvalue weighted by Gasteiger charge is -2.07. The van der Waals surface area contributed by atoms with E-state index >= 15 is 0 Å². The highest BCUT2D eigenvalue weighted by Crippen LogP contribution is 2.31. The number of nitrogens with zero attached hydrogens (tertiary/aromatic N) is 1. The molecular weight excluding hydrogens is 408 g/mol. The van der Waals surface area contributed by atoms with Crippen molar-refractivity contribution in [2.24, 2.45) is 0 Å². The molecule has 29 heavy (non-hydrogen) atoms. The summed E-state index contributed by atoms with van der Waals surface area (Å²) in [5.41, 5.74) is 2.43. The first kappa shape index (κ1) is 19.1. The number of fused-ring (bicyclic) bond motifs is 1. The number of sulfonamides is 1. The van der Waals surface area contributed by atoms with Crippen LogP contribution in [0, 0.1) is 0 Å². The fraction of sp³-hybridized carbons (Fsp3) is 0.0476. The smallest absolute Gasteiger partial charge is 0.343 e. The van der Waals surface area contributed by atoms with E-state index in [-0.39, 0.29) is 5.56 Å². The number of thiazole rings is 1. The maximum absolute atomic E-state index is 12.4. The molecule has 4 rings (SSSR count). The Morgan fingerprint density at radius 1 is 1.00 bits per heavy atom. The van der Waals surface area contributed by atoms with E-state index in [4.69, 9.17) is 4.74 Å². The van der Waals surface area contributed by atoms with Crippen LogP contribution in [0.25, 0.3) is 20.8 Å². The fourth-order valence-electron chi connectivity index (χ4n) is 2.75. The van der Waals surface area contributed by atoms with Gasteiger partial charge in [0.1, 0.15) is 10.8 Å². The largest absolute Gasteiger partial charge is 0.423 e. The average Bonchev–Trinajstić information content (AvgIpc) is 3.11. The van der Waals surface area contributed by atoms with E-state index in [9.17, 15) is 13.2 Å². The van der Waals surface area contributed by atoms with Gasteiger partial charge in [0, 0.05) is 11.3 Å². The number of para-hydroxylation sites is 1. The first-order valence-electron chi connectivity index (χ1n) is 8.63. The summed E-state index contributed by atoms with van der Waals surface area (Å²) in [4.78, 5) is 17.0. The molecule has 0 atom stereocenters. The highest BCUT2D eigenvalue weighted by atomic mass is 32.2. The summed E-state index contributed by atoms with van der Waals surface area (Å²) in [6.45, 7) is 0. The lowest BCUT2D eigenvalue weighted by atomic mass is 10.2. The van der Waals surface area contributed by atoms with E-state index in [1.807, 2.05) is 36.4 Å². The lowest BCUT2D eigenvalue weighted by Crippen LogP contribution is -2.12. The molecule has 0 spiro atoms. The number of carbonyl (C=O) groups excluding carboxylic acids is 1. The molecule has 146 valence electrons. The highest BCUT2D eigenvalue weighted by molar-refractivity contribution is 7.92. The average molecular weight is 425 g/mol. The van der Waals surface area contributed by atoms with Gasteiger partial charge in [0.05, 0.1) is 22.0 Å². The molecule has 1 aromatic heterocycles. The van der Waals surface area contributed by atoms with Crippen LogP contribution in [0.4, 0.5) is 5.69 Å². The van der Waals surface area contributed by atoms with Crippen molar-refractivity contribution in [3.05, 3.63) is 78.4 Å². The van der Waals surface area contributed by atoms with Crippen LogP contribution in [-0.4, -0.2) is 25.6 Å². The van der Waals surface area contributed by atoms with Gasteiger partial charge in [0.2, 0.25) is 10.0 Å². The Labute approximate surface area is 171 Å². The highest BCUT2D eigenvalue weighted by Gasteiger charge is 2.12. The van der Waals surface area contributed by atoms with Gasteiger partial charge < -0.3 is 4.74 Å². The zero-order valence-corrected chi connectivity index (χ0v) is 17.0. The Morgan fingerprint density at radius 3 is 2.48 bits per heavy atom. The maximum atomic E-state index is 12.4. The Bertz CT molecular complexity index is 1260. The lowest BCUT2D eigenvalue weighted by molar-refractivity contribution is 0.0735. The van der Waals surface area contributed by atoms with E-state index in [1.54, 1.807) is 41.7 Å². The number of benzene rings is 3. The number of aromatic nitrogens is 1. The molecular formula is C21H16N2O4S2. The molecule has 4 aromatic rings. The van der Waals surface area contributed by atoms with Crippen molar-refractivity contribution in [3.8, 4) is 16.3 Å². The number of ether oxygens (including phenoxy) is 1. The topological polar surface area (TPSA) is 85.4 Å². The SMILES string of the molecule is CS(=O)(=O)Nc1cccc(C(=O)Oc2ccc(-c3nc4ccccc4s3)cc2)c1. The zero-order valence-electron chi connectivity index (χ0n) is 15.3. The van der Waals surface area contributed by atoms with E-state index in [2.05, 4.69) is 9.71 Å². The molecule has 8 heteroatoms. The third kappa shape index (κ3) is 4.61. The molecule has 0 unspecified atom stereocenters. The van der Waals surface area contributed by atoms with Crippen LogP contribution in [0.3, 0.4) is 0 Å². The molecule has 0 amide bonds. The molecule has 0 bridgehead atoms. The molecule has 1 heterocycles. The molecule has 0 aliphatic rings. The first-order chi connectivity index (χ1) is 13.9. The number of hydrogen-bond donors (Lipinski definition) is 1. The summed E-state index contributed by atoms with van der Waals surface area (Å²) in [7, 11) is -3.43. The normalized spacial score (nSPS) is 11.3. The van der Waals surface area contributed by atoms with Gasteiger partial charge in [0.25, 0.3) is 0 Å². The predicted molar refractivity (Wildman–Crippen MR) is 115 cm³/mol. The van der Waals surface area contributed by atoms with Gasteiger partial charge in [-0.1, -0.05) is 18.2 Å². The second-order valence-corrected chi connectivity index (χ2v) is 9.13. The van der Waals surface area contributed by atoms with Gasteiger partial charge in [-0.05, 0) is 54.6 Å². The molecule has 0 aliphatic heterocycles. The van der Waals surface area contributed by atoms with Crippen LogP contribution in [0.5, 0.6) is 5.75 Å². The van der Waals surface area contributed by atoms with Crippen molar-refractivity contribution >= 4 is 43.2 Å². The Balaban J connectivity index is 1.50. The summed E-state index contributed by atoms with van der Waals surface area (Å²) in [5.74, 6) is -0.184. The molecule has 0 saturated carbocycles. The van der Waals surface area contributed by atoms with Gasteiger partial charge >= 0.3 is 5.97 Å². The van der Waals surface area contributed by atoms with Gasteiger partial charge in [-0.2, -0.15) is 0 Å². The monoisotopic (exact) mass is 424 g/mol. The number of anilines is 1. The number of hydrogen-bond acceptors (Lipinski definition) is 6. The van der Waals surface area contributed by atoms with Crippen molar-refractivity contribution in [2.45, 2.75) is 0 Å². The molecule has 3 aromatic carbocycles. The standard InChI is InChI=1S/C21H16N2O4S2/c1-29(25,26)23-16-6-4-5-15(13-16)21(24)27-17-11-9-14(10-12-17)20-22-18-7-2-3-8-19(18)28-20/h2-13,23H,1H3. The predicted octanol–water partition coefficient (Wildman–Crippen LogP) is 4.55. The van der Waals surface area contributed by atoms with Crippen molar-refractivity contribution in [3.63, 3.8) is 0 Å². The maximum Gasteiger partial charge on any atom is 0.343 e. The van der Waals surface area contributed by atoms with Crippen molar-refractivity contribution in [1.82, 2.24) is 4.98 Å². The zero-order chi connectivity index (χ0) is 20.4. The Hall–Kier alpha value is -3.23. The number of esters is 1. The van der Waals surface area contributed by atoms with Gasteiger partial charge in [0.15, 0.2) is 0 Å². The Kier molecular flexibility index (Phi) is 5.04. The minimum absolute atomic E-state index is 0.244. The van der Waals surface area contributed by atoms with Crippen LogP contribution >= 0.6 is 11.3 Å². The third-order valence-electron chi connectivity index (χ3n) is 4.01. The summed E-state index contributed by atoms with van der Waals surface area (Å²) in [5, 5.41) is 0.892. The molecule has 0 fully saturated rings. The van der Waals surface area contributed by atoms with Crippen molar-refractivity contribution < 1.29 is 17.9 Å². The van der Waals surface area contributed by atoms with Crippen molar-refractivity contribution in [2.75, 3.05) is 11.0 Å². The van der Waals surface area contributed by atoms with Crippen LogP contribution in [-0.2, 0) is 10.0 Å². The van der Waals surface area contributed by atoms with Gasteiger partial charge in [-0.25, -0.2) is 18.2 Å². The van der Waals surface area contributed by atoms with Crippen LogP contribution in [0.1, 0.15) is 10.4 Å². The molecule has 1 N–H and O–H groups in total. The molecule has 0 aliphatic carbocycles. The number of carbonyl (C=O) groups is 1. The van der Waals surface area contributed by atoms with E-state index in [0.717, 1.165) is 27.0 Å². The van der Waals surface area contributed by atoms with Crippen LogP contribution < -0.4 is 9.46 Å².